The Balaban J connectivity index is 2.19. The van der Waals surface area contributed by atoms with Crippen molar-refractivity contribution < 1.29 is 19.1 Å². The van der Waals surface area contributed by atoms with Crippen molar-refractivity contribution in [1.29, 1.82) is 0 Å². The van der Waals surface area contributed by atoms with Gasteiger partial charge in [-0.3, -0.25) is 4.98 Å². The molecule has 0 amide bonds. The average molecular weight is 588 g/mol. The summed E-state index contributed by atoms with van der Waals surface area (Å²) in [7, 11) is 0. The maximum absolute atomic E-state index is 12.7. The van der Waals surface area contributed by atoms with Crippen LogP contribution in [0.15, 0.2) is 6.07 Å². The average Bonchev–Trinajstić information content (AvgIpc) is 2.97. The molecule has 0 spiro atoms. The molecule has 0 bridgehead atoms. The van der Waals surface area contributed by atoms with Crippen LogP contribution in [0.3, 0.4) is 0 Å². The zero-order valence-electron chi connectivity index (χ0n) is 28.0. The highest BCUT2D eigenvalue weighted by atomic mass is 16.5. The second-order valence-corrected chi connectivity index (χ2v) is 12.3. The quantitative estimate of drug-likeness (QED) is 0.0720. The van der Waals surface area contributed by atoms with Gasteiger partial charge in [-0.1, -0.05) is 155 Å². The van der Waals surface area contributed by atoms with Crippen LogP contribution in [-0.4, -0.2) is 30.1 Å². The lowest BCUT2D eigenvalue weighted by Gasteiger charge is -2.11. The summed E-state index contributed by atoms with van der Waals surface area (Å²) < 4.78 is 11.1. The van der Waals surface area contributed by atoms with Gasteiger partial charge in [0.2, 0.25) is 0 Å². The van der Waals surface area contributed by atoms with Crippen LogP contribution in [0.2, 0.25) is 0 Å². The monoisotopic (exact) mass is 587 g/mol. The van der Waals surface area contributed by atoms with Crippen molar-refractivity contribution in [2.45, 2.75) is 182 Å². The number of ether oxygens (including phenoxy) is 2. The largest absolute Gasteiger partial charge is 0.462 e. The molecular formula is C37H65NO4. The van der Waals surface area contributed by atoms with Gasteiger partial charge in [0.1, 0.15) is 0 Å². The minimum atomic E-state index is -0.405. The number of esters is 2. The summed E-state index contributed by atoms with van der Waals surface area (Å²) in [6, 6.07) is 1.60. The van der Waals surface area contributed by atoms with Crippen LogP contribution < -0.4 is 0 Å². The van der Waals surface area contributed by atoms with Crippen LogP contribution in [-0.2, 0) is 9.47 Å². The Morgan fingerprint density at radius 3 is 1.02 bits per heavy atom. The van der Waals surface area contributed by atoms with Crippen LogP contribution in [0.25, 0.3) is 0 Å². The zero-order valence-corrected chi connectivity index (χ0v) is 28.0. The second-order valence-electron chi connectivity index (χ2n) is 12.3. The molecule has 1 heterocycles. The highest BCUT2D eigenvalue weighted by Gasteiger charge is 2.19. The van der Waals surface area contributed by atoms with E-state index in [-0.39, 0.29) is 0 Å². The van der Waals surface area contributed by atoms with E-state index in [9.17, 15) is 9.59 Å². The van der Waals surface area contributed by atoms with Gasteiger partial charge in [0.05, 0.1) is 35.7 Å². The van der Waals surface area contributed by atoms with Gasteiger partial charge in [-0.05, 0) is 32.8 Å². The van der Waals surface area contributed by atoms with Crippen molar-refractivity contribution in [3.05, 3.63) is 28.6 Å². The van der Waals surface area contributed by atoms with Gasteiger partial charge in [0.25, 0.3) is 0 Å². The molecule has 5 nitrogen and oxygen atoms in total. The van der Waals surface area contributed by atoms with E-state index in [0.29, 0.717) is 35.7 Å². The van der Waals surface area contributed by atoms with Gasteiger partial charge < -0.3 is 9.47 Å². The summed E-state index contributed by atoms with van der Waals surface area (Å²) >= 11 is 0. The molecule has 0 fully saturated rings. The minimum absolute atomic E-state index is 0.358. The number of pyridine rings is 1. The fourth-order valence-electron chi connectivity index (χ4n) is 5.51. The van der Waals surface area contributed by atoms with Gasteiger partial charge in [-0.15, -0.1) is 0 Å². The van der Waals surface area contributed by atoms with E-state index in [4.69, 9.17) is 9.47 Å². The lowest BCUT2D eigenvalue weighted by Crippen LogP contribution is -2.15. The van der Waals surface area contributed by atoms with E-state index >= 15 is 0 Å². The molecule has 0 aliphatic heterocycles. The van der Waals surface area contributed by atoms with E-state index in [1.54, 1.807) is 19.9 Å². The van der Waals surface area contributed by atoms with Gasteiger partial charge in [0, 0.05) is 0 Å². The van der Waals surface area contributed by atoms with E-state index in [1.165, 1.54) is 128 Å². The summed E-state index contributed by atoms with van der Waals surface area (Å²) in [5.41, 5.74) is 1.89. The van der Waals surface area contributed by atoms with Gasteiger partial charge in [0.15, 0.2) is 0 Å². The molecule has 5 heteroatoms. The van der Waals surface area contributed by atoms with Crippen molar-refractivity contribution in [1.82, 2.24) is 4.98 Å². The van der Waals surface area contributed by atoms with Crippen LogP contribution in [0.1, 0.15) is 200 Å². The minimum Gasteiger partial charge on any atom is -0.462 e. The molecule has 0 aliphatic carbocycles. The van der Waals surface area contributed by atoms with Crippen molar-refractivity contribution in [3.63, 3.8) is 0 Å². The number of hydrogen-bond donors (Lipinski definition) is 0. The summed E-state index contributed by atoms with van der Waals surface area (Å²) in [5, 5.41) is 0. The fraction of sp³-hybridized carbons (Fsp3) is 0.811. The first-order chi connectivity index (χ1) is 20.5. The Morgan fingerprint density at radius 1 is 0.476 bits per heavy atom. The van der Waals surface area contributed by atoms with Gasteiger partial charge in [-0.2, -0.15) is 0 Å². The molecule has 1 aromatic rings. The molecule has 0 N–H and O–H groups in total. The Morgan fingerprint density at radius 2 is 0.738 bits per heavy atom. The number of nitrogens with zero attached hydrogens (tertiary/aromatic N) is 1. The Bertz CT molecular complexity index is 759. The fourth-order valence-corrected chi connectivity index (χ4v) is 5.51. The molecule has 0 aromatic carbocycles. The molecule has 42 heavy (non-hydrogen) atoms. The zero-order chi connectivity index (χ0) is 30.7. The van der Waals surface area contributed by atoms with Gasteiger partial charge in [-0.25, -0.2) is 9.59 Å². The van der Waals surface area contributed by atoms with E-state index in [0.717, 1.165) is 25.7 Å². The number of aromatic nitrogens is 1. The predicted octanol–water partition coefficient (Wildman–Crippen LogP) is 11.4. The van der Waals surface area contributed by atoms with Crippen LogP contribution in [0.4, 0.5) is 0 Å². The number of carbonyl (C=O) groups excluding carboxylic acids is 2. The first-order valence-corrected chi connectivity index (χ1v) is 17.8. The Kier molecular flexibility index (Phi) is 24.2. The van der Waals surface area contributed by atoms with E-state index < -0.39 is 11.9 Å². The number of aryl methyl sites for hydroxylation is 2. The van der Waals surface area contributed by atoms with Crippen molar-refractivity contribution in [3.8, 4) is 0 Å². The summed E-state index contributed by atoms with van der Waals surface area (Å²) in [6.07, 6.45) is 30.5. The maximum atomic E-state index is 12.7. The van der Waals surface area contributed by atoms with E-state index in [2.05, 4.69) is 18.8 Å². The second kappa shape index (κ2) is 26.7. The summed E-state index contributed by atoms with van der Waals surface area (Å²) in [5.74, 6) is -0.809. The number of rotatable bonds is 28. The van der Waals surface area contributed by atoms with Crippen LogP contribution >= 0.6 is 0 Å². The molecule has 0 unspecified atom stereocenters. The normalized spacial score (nSPS) is 11.1. The predicted molar refractivity (Wildman–Crippen MR) is 176 cm³/mol. The Labute approximate surface area is 259 Å². The summed E-state index contributed by atoms with van der Waals surface area (Å²) in [6.45, 7) is 8.91. The molecule has 0 aliphatic rings. The topological polar surface area (TPSA) is 65.5 Å². The number of carbonyl (C=O) groups is 2. The lowest BCUT2D eigenvalue weighted by molar-refractivity contribution is 0.0494. The van der Waals surface area contributed by atoms with Crippen molar-refractivity contribution in [2.24, 2.45) is 0 Å². The standard InChI is InChI=1S/C37H65NO4/c1-5-7-9-11-13-15-17-19-21-23-25-27-29-41-36(39)34-31-35(33(4)38-32(34)3)37(40)42-30-28-26-24-22-20-18-16-14-12-10-8-6-2/h31H,5-30H2,1-4H3. The molecule has 242 valence electrons. The Hall–Kier alpha value is -1.91. The van der Waals surface area contributed by atoms with Crippen molar-refractivity contribution >= 4 is 11.9 Å². The smallest absolute Gasteiger partial charge is 0.340 e. The maximum Gasteiger partial charge on any atom is 0.340 e. The third-order valence-electron chi connectivity index (χ3n) is 8.31. The third kappa shape index (κ3) is 19.3. The van der Waals surface area contributed by atoms with E-state index in [1.807, 2.05) is 0 Å². The highest BCUT2D eigenvalue weighted by molar-refractivity contribution is 5.96. The number of unbranched alkanes of at least 4 members (excludes halogenated alkanes) is 22. The van der Waals surface area contributed by atoms with Gasteiger partial charge >= 0.3 is 11.9 Å². The molecule has 1 rings (SSSR count). The molecule has 0 radical (unpaired) electrons. The molecular weight excluding hydrogens is 522 g/mol. The lowest BCUT2D eigenvalue weighted by atomic mass is 10.1. The molecule has 1 aromatic heterocycles. The van der Waals surface area contributed by atoms with Crippen LogP contribution in [0, 0.1) is 13.8 Å². The highest BCUT2D eigenvalue weighted by Crippen LogP contribution is 2.17. The molecule has 0 saturated heterocycles. The first kappa shape index (κ1) is 38.1. The summed E-state index contributed by atoms with van der Waals surface area (Å²) in [4.78, 5) is 29.9. The van der Waals surface area contributed by atoms with Crippen LogP contribution in [0.5, 0.6) is 0 Å². The first-order valence-electron chi connectivity index (χ1n) is 17.8. The molecule has 0 atom stereocenters. The van der Waals surface area contributed by atoms with Crippen molar-refractivity contribution in [2.75, 3.05) is 13.2 Å². The third-order valence-corrected chi connectivity index (χ3v) is 8.31. The SMILES string of the molecule is CCCCCCCCCCCCCCOC(=O)c1cc(C(=O)OCCCCCCCCCCCCCC)c(C)nc1C. The molecule has 0 saturated carbocycles. The number of hydrogen-bond acceptors (Lipinski definition) is 5.